The fraction of sp³-hybridized carbons (Fsp3) is 0.190. The number of nitrogens with one attached hydrogen (secondary N) is 1. The van der Waals surface area contributed by atoms with Crippen molar-refractivity contribution in [3.8, 4) is 17.6 Å². The fourth-order valence-electron chi connectivity index (χ4n) is 2.31. The molecule has 0 bridgehead atoms. The monoisotopic (exact) mass is 584 g/mol. The minimum Gasteiger partial charge on any atom is -0.494 e. The molecule has 0 aromatic heterocycles. The molecular weight excluding hydrogens is 567 g/mol. The average Bonchev–Trinajstić information content (AvgIpc) is 2.72. The second-order valence-electron chi connectivity index (χ2n) is 5.76. The standard InChI is InChI=1S/C21H18BrIN2O5/c1-3-29-16-6-4-15(5-7-16)25-21(27)14(11-24)8-13-9-17(22)20(18(23)10-13)30-12-19(26)28-2/h4-10H,3,12H2,1-2H3,(H,25,27)/b14-8-. The zero-order chi connectivity index (χ0) is 22.1. The van der Waals surface area contributed by atoms with Crippen LogP contribution in [0.5, 0.6) is 11.5 Å². The smallest absolute Gasteiger partial charge is 0.343 e. The third-order valence-corrected chi connectivity index (χ3v) is 5.07. The van der Waals surface area contributed by atoms with Gasteiger partial charge in [-0.05, 0) is 93.5 Å². The molecule has 0 aliphatic carbocycles. The number of methoxy groups -OCH3 is 1. The maximum Gasteiger partial charge on any atom is 0.343 e. The Bertz CT molecular complexity index is 976. The van der Waals surface area contributed by atoms with Gasteiger partial charge < -0.3 is 19.5 Å². The number of benzene rings is 2. The van der Waals surface area contributed by atoms with Gasteiger partial charge in [0.25, 0.3) is 5.91 Å². The molecule has 0 spiro atoms. The maximum atomic E-state index is 12.5. The zero-order valence-electron chi connectivity index (χ0n) is 16.2. The third kappa shape index (κ3) is 6.74. The Kier molecular flexibility index (Phi) is 9.14. The number of halogens is 2. The highest BCUT2D eigenvalue weighted by molar-refractivity contribution is 14.1. The van der Waals surface area contributed by atoms with Crippen LogP contribution in [0.1, 0.15) is 12.5 Å². The van der Waals surface area contributed by atoms with Crippen LogP contribution < -0.4 is 14.8 Å². The average molecular weight is 585 g/mol. The molecule has 0 aliphatic rings. The lowest BCUT2D eigenvalue weighted by molar-refractivity contribution is -0.142. The number of esters is 1. The molecule has 0 aliphatic heterocycles. The number of carbonyl (C=O) groups excluding carboxylic acids is 2. The van der Waals surface area contributed by atoms with Crippen LogP contribution in [0.3, 0.4) is 0 Å². The van der Waals surface area contributed by atoms with E-state index < -0.39 is 11.9 Å². The molecule has 0 radical (unpaired) electrons. The van der Waals surface area contributed by atoms with Gasteiger partial charge in [0.15, 0.2) is 6.61 Å². The molecule has 30 heavy (non-hydrogen) atoms. The first kappa shape index (κ1) is 23.7. The number of hydrogen-bond donors (Lipinski definition) is 1. The van der Waals surface area contributed by atoms with E-state index in [9.17, 15) is 14.9 Å². The van der Waals surface area contributed by atoms with Gasteiger partial charge in [-0.3, -0.25) is 4.79 Å². The van der Waals surface area contributed by atoms with Crippen molar-refractivity contribution in [2.24, 2.45) is 0 Å². The van der Waals surface area contributed by atoms with E-state index in [1.54, 1.807) is 36.4 Å². The largest absolute Gasteiger partial charge is 0.494 e. The van der Waals surface area contributed by atoms with Crippen molar-refractivity contribution in [3.05, 3.63) is 55.6 Å². The van der Waals surface area contributed by atoms with Crippen LogP contribution >= 0.6 is 38.5 Å². The molecule has 0 saturated carbocycles. The molecule has 156 valence electrons. The maximum absolute atomic E-state index is 12.5. The van der Waals surface area contributed by atoms with Gasteiger partial charge in [-0.15, -0.1) is 0 Å². The minimum absolute atomic E-state index is 0.0604. The second kappa shape index (κ2) is 11.6. The summed E-state index contributed by atoms with van der Waals surface area (Å²) >= 11 is 5.43. The number of carbonyl (C=O) groups is 2. The summed E-state index contributed by atoms with van der Waals surface area (Å²) < 4.78 is 16.7. The normalized spacial score (nSPS) is 10.7. The Balaban J connectivity index is 2.17. The number of ether oxygens (including phenoxy) is 3. The Labute approximate surface area is 196 Å². The van der Waals surface area contributed by atoms with Crippen molar-refractivity contribution in [1.29, 1.82) is 5.26 Å². The summed E-state index contributed by atoms with van der Waals surface area (Å²) in [6.45, 7) is 2.21. The summed E-state index contributed by atoms with van der Waals surface area (Å²) in [5, 5.41) is 12.1. The minimum atomic E-state index is -0.529. The Morgan fingerprint density at radius 1 is 1.23 bits per heavy atom. The molecule has 0 fully saturated rings. The number of nitrogens with zero attached hydrogens (tertiary/aromatic N) is 1. The summed E-state index contributed by atoms with van der Waals surface area (Å²) in [6, 6.07) is 12.2. The molecule has 2 aromatic carbocycles. The second-order valence-corrected chi connectivity index (χ2v) is 7.78. The number of nitriles is 1. The number of amides is 1. The lowest BCUT2D eigenvalue weighted by atomic mass is 10.1. The predicted molar refractivity (Wildman–Crippen MR) is 124 cm³/mol. The highest BCUT2D eigenvalue weighted by atomic mass is 127. The van der Waals surface area contributed by atoms with Gasteiger partial charge in [-0.25, -0.2) is 4.79 Å². The molecule has 7 nitrogen and oxygen atoms in total. The van der Waals surface area contributed by atoms with Gasteiger partial charge in [-0.1, -0.05) is 0 Å². The summed E-state index contributed by atoms with van der Waals surface area (Å²) in [4.78, 5) is 23.8. The van der Waals surface area contributed by atoms with Crippen molar-refractivity contribution in [3.63, 3.8) is 0 Å². The summed E-state index contributed by atoms with van der Waals surface area (Å²) in [5.41, 5.74) is 1.11. The Morgan fingerprint density at radius 2 is 1.93 bits per heavy atom. The van der Waals surface area contributed by atoms with E-state index in [0.29, 0.717) is 37.4 Å². The molecule has 0 saturated heterocycles. The lowest BCUT2D eigenvalue weighted by Crippen LogP contribution is -2.14. The van der Waals surface area contributed by atoms with Crippen LogP contribution in [0.15, 0.2) is 46.4 Å². The molecule has 0 heterocycles. The van der Waals surface area contributed by atoms with Crippen LogP contribution in [0.25, 0.3) is 6.08 Å². The SMILES string of the molecule is CCOc1ccc(NC(=O)/C(C#N)=C\c2cc(Br)c(OCC(=O)OC)c(I)c2)cc1. The van der Waals surface area contributed by atoms with Crippen LogP contribution in [-0.2, 0) is 14.3 Å². The van der Waals surface area contributed by atoms with Gasteiger partial charge >= 0.3 is 5.97 Å². The van der Waals surface area contributed by atoms with E-state index in [1.165, 1.54) is 13.2 Å². The number of anilines is 1. The van der Waals surface area contributed by atoms with Crippen LogP contribution in [0, 0.1) is 14.9 Å². The molecule has 0 atom stereocenters. The lowest BCUT2D eigenvalue weighted by Gasteiger charge is -2.11. The van der Waals surface area contributed by atoms with Gasteiger partial charge in [-0.2, -0.15) is 5.26 Å². The highest BCUT2D eigenvalue weighted by Crippen LogP contribution is 2.33. The molecule has 2 rings (SSSR count). The molecule has 2 aromatic rings. The molecule has 1 N–H and O–H groups in total. The van der Waals surface area contributed by atoms with E-state index in [4.69, 9.17) is 9.47 Å². The van der Waals surface area contributed by atoms with Crippen molar-refractivity contribution in [2.45, 2.75) is 6.92 Å². The zero-order valence-corrected chi connectivity index (χ0v) is 19.9. The molecule has 9 heteroatoms. The number of hydrogen-bond acceptors (Lipinski definition) is 6. The van der Waals surface area contributed by atoms with Gasteiger partial charge in [0.1, 0.15) is 23.1 Å². The first-order valence-electron chi connectivity index (χ1n) is 8.72. The van der Waals surface area contributed by atoms with Crippen LogP contribution in [0.2, 0.25) is 0 Å². The van der Waals surface area contributed by atoms with Crippen molar-refractivity contribution in [2.75, 3.05) is 25.6 Å². The Hall–Kier alpha value is -2.58. The first-order valence-corrected chi connectivity index (χ1v) is 10.6. The highest BCUT2D eigenvalue weighted by Gasteiger charge is 2.14. The van der Waals surface area contributed by atoms with Gasteiger partial charge in [0.2, 0.25) is 0 Å². The molecule has 1 amide bonds. The van der Waals surface area contributed by atoms with Crippen molar-refractivity contribution < 1.29 is 23.8 Å². The van der Waals surface area contributed by atoms with Crippen molar-refractivity contribution in [1.82, 2.24) is 0 Å². The fourth-order valence-corrected chi connectivity index (χ4v) is 4.07. The van der Waals surface area contributed by atoms with Crippen molar-refractivity contribution >= 4 is 62.2 Å². The van der Waals surface area contributed by atoms with Gasteiger partial charge in [0.05, 0.1) is 21.8 Å². The summed E-state index contributed by atoms with van der Waals surface area (Å²) in [7, 11) is 1.28. The van der Waals surface area contributed by atoms with E-state index >= 15 is 0 Å². The summed E-state index contributed by atoms with van der Waals surface area (Å²) in [5.74, 6) is 0.134. The first-order chi connectivity index (χ1) is 14.4. The van der Waals surface area contributed by atoms with E-state index in [0.717, 1.165) is 0 Å². The Morgan fingerprint density at radius 3 is 2.50 bits per heavy atom. The third-order valence-electron chi connectivity index (χ3n) is 3.68. The topological polar surface area (TPSA) is 97.6 Å². The van der Waals surface area contributed by atoms with E-state index in [1.807, 2.05) is 35.6 Å². The molecule has 0 unspecified atom stereocenters. The van der Waals surface area contributed by atoms with E-state index in [2.05, 4.69) is 26.0 Å². The van der Waals surface area contributed by atoms with Gasteiger partial charge in [0, 0.05) is 5.69 Å². The number of rotatable bonds is 8. The molecular formula is C21H18BrIN2O5. The summed E-state index contributed by atoms with van der Waals surface area (Å²) in [6.07, 6.45) is 1.47. The predicted octanol–water partition coefficient (Wildman–Crippen LogP) is 4.55. The van der Waals surface area contributed by atoms with Crippen LogP contribution in [-0.4, -0.2) is 32.2 Å². The van der Waals surface area contributed by atoms with E-state index in [-0.39, 0.29) is 12.2 Å². The van der Waals surface area contributed by atoms with Crippen LogP contribution in [0.4, 0.5) is 5.69 Å². The quantitative estimate of drug-likeness (QED) is 0.212.